The van der Waals surface area contributed by atoms with E-state index in [0.717, 1.165) is 44.0 Å². The summed E-state index contributed by atoms with van der Waals surface area (Å²) in [5.41, 5.74) is 3.42. The third-order valence-corrected chi connectivity index (χ3v) is 5.05. The molecule has 4 aromatic rings. The zero-order chi connectivity index (χ0) is 17.7. The Kier molecular flexibility index (Phi) is 3.22. The molecule has 1 heterocycles. The molecule has 0 radical (unpaired) electrons. The first kappa shape index (κ1) is 15.0. The van der Waals surface area contributed by atoms with E-state index in [2.05, 4.69) is 30.3 Å². The van der Waals surface area contributed by atoms with Crippen molar-refractivity contribution in [3.8, 4) is 16.9 Å². The quantitative estimate of drug-likeness (QED) is 0.462. The number of esters is 1. The molecule has 0 spiro atoms. The van der Waals surface area contributed by atoms with Gasteiger partial charge in [-0.05, 0) is 33.7 Å². The van der Waals surface area contributed by atoms with Crippen LogP contribution in [0.1, 0.15) is 15.9 Å². The van der Waals surface area contributed by atoms with E-state index in [1.54, 1.807) is 7.11 Å². The first-order valence-corrected chi connectivity index (χ1v) is 8.56. The van der Waals surface area contributed by atoms with Gasteiger partial charge >= 0.3 is 5.97 Å². The fourth-order valence-corrected chi connectivity index (χ4v) is 3.91. The zero-order valence-corrected chi connectivity index (χ0v) is 14.3. The molecule has 0 atom stereocenters. The Balaban J connectivity index is 2.02. The van der Waals surface area contributed by atoms with E-state index in [1.807, 2.05) is 36.4 Å². The van der Waals surface area contributed by atoms with Gasteiger partial charge in [0, 0.05) is 16.7 Å². The van der Waals surface area contributed by atoms with E-state index in [4.69, 9.17) is 9.47 Å². The Morgan fingerprint density at radius 3 is 2.27 bits per heavy atom. The van der Waals surface area contributed by atoms with Crippen LogP contribution in [0.25, 0.3) is 32.7 Å². The summed E-state index contributed by atoms with van der Waals surface area (Å²) in [6.45, 7) is 0.319. The topological polar surface area (TPSA) is 35.5 Å². The fraction of sp³-hybridized carbons (Fsp3) is 0.0870. The fourth-order valence-electron chi connectivity index (χ4n) is 3.91. The lowest BCUT2D eigenvalue weighted by Gasteiger charge is -2.17. The van der Waals surface area contributed by atoms with Crippen LogP contribution in [0.15, 0.2) is 66.7 Å². The normalized spacial score (nSPS) is 13.0. The summed E-state index contributed by atoms with van der Waals surface area (Å²) in [5.74, 6) is 0.484. The predicted molar refractivity (Wildman–Crippen MR) is 103 cm³/mol. The summed E-state index contributed by atoms with van der Waals surface area (Å²) in [5, 5.41) is 4.29. The molecule has 0 saturated carbocycles. The standard InChI is InChI=1S/C23H16O3/c1-25-19-11-10-14-6-2-4-8-17(14)21(19)22-18-9-5-3-7-15(18)12-16-13-26-23(24)20(16)22/h2-12H,13H2,1H3. The number of ether oxygens (including phenoxy) is 2. The summed E-state index contributed by atoms with van der Waals surface area (Å²) in [6.07, 6.45) is 0. The molecular weight excluding hydrogens is 324 g/mol. The van der Waals surface area contributed by atoms with E-state index in [1.165, 1.54) is 0 Å². The molecule has 0 bridgehead atoms. The summed E-state index contributed by atoms with van der Waals surface area (Å²) in [4.78, 5) is 12.6. The third-order valence-electron chi connectivity index (χ3n) is 5.05. The third kappa shape index (κ3) is 2.04. The summed E-state index contributed by atoms with van der Waals surface area (Å²) in [7, 11) is 1.66. The largest absolute Gasteiger partial charge is 0.496 e. The highest BCUT2D eigenvalue weighted by atomic mass is 16.5. The van der Waals surface area contributed by atoms with Crippen LogP contribution < -0.4 is 4.74 Å². The second-order valence-corrected chi connectivity index (χ2v) is 6.45. The Bertz CT molecular complexity index is 1190. The van der Waals surface area contributed by atoms with Gasteiger partial charge in [0.2, 0.25) is 0 Å². The molecule has 1 aliphatic heterocycles. The van der Waals surface area contributed by atoms with Crippen molar-refractivity contribution in [3.05, 3.63) is 77.9 Å². The molecule has 3 heteroatoms. The number of fused-ring (bicyclic) bond motifs is 3. The van der Waals surface area contributed by atoms with Crippen molar-refractivity contribution in [2.45, 2.75) is 6.61 Å². The van der Waals surface area contributed by atoms with Crippen LogP contribution in [0.2, 0.25) is 0 Å². The number of carbonyl (C=O) groups excluding carboxylic acids is 1. The average Bonchev–Trinajstić information content (AvgIpc) is 3.06. The average molecular weight is 340 g/mol. The smallest absolute Gasteiger partial charge is 0.339 e. The molecule has 0 aliphatic carbocycles. The highest BCUT2D eigenvalue weighted by Gasteiger charge is 2.29. The van der Waals surface area contributed by atoms with Crippen molar-refractivity contribution in [2.24, 2.45) is 0 Å². The number of cyclic esters (lactones) is 1. The van der Waals surface area contributed by atoms with Crippen molar-refractivity contribution >= 4 is 27.5 Å². The molecule has 4 aromatic carbocycles. The molecule has 0 aromatic heterocycles. The number of benzene rings is 4. The van der Waals surface area contributed by atoms with Gasteiger partial charge < -0.3 is 9.47 Å². The van der Waals surface area contributed by atoms with Crippen LogP contribution >= 0.6 is 0 Å². The highest BCUT2D eigenvalue weighted by molar-refractivity contribution is 6.16. The first-order chi connectivity index (χ1) is 12.8. The van der Waals surface area contributed by atoms with Crippen molar-refractivity contribution in [3.63, 3.8) is 0 Å². The van der Waals surface area contributed by atoms with Crippen molar-refractivity contribution < 1.29 is 14.3 Å². The number of hydrogen-bond donors (Lipinski definition) is 0. The van der Waals surface area contributed by atoms with E-state index >= 15 is 0 Å². The summed E-state index contributed by atoms with van der Waals surface area (Å²) >= 11 is 0. The highest BCUT2D eigenvalue weighted by Crippen LogP contribution is 2.45. The Hall–Kier alpha value is -3.33. The van der Waals surface area contributed by atoms with Gasteiger partial charge in [0.15, 0.2) is 0 Å². The van der Waals surface area contributed by atoms with Crippen molar-refractivity contribution in [1.82, 2.24) is 0 Å². The SMILES string of the molecule is COc1ccc2ccccc2c1-c1c2c(cc3ccccc13)COC2=O. The van der Waals surface area contributed by atoms with Crippen molar-refractivity contribution in [2.75, 3.05) is 7.11 Å². The predicted octanol–water partition coefficient (Wildman–Crippen LogP) is 5.34. The number of methoxy groups -OCH3 is 1. The number of carbonyl (C=O) groups is 1. The van der Waals surface area contributed by atoms with Gasteiger partial charge in [-0.25, -0.2) is 4.79 Å². The molecule has 0 N–H and O–H groups in total. The maximum Gasteiger partial charge on any atom is 0.339 e. The molecule has 0 saturated heterocycles. The lowest BCUT2D eigenvalue weighted by molar-refractivity contribution is 0.0535. The van der Waals surface area contributed by atoms with E-state index in [-0.39, 0.29) is 5.97 Å². The van der Waals surface area contributed by atoms with Crippen LogP contribution in [0.4, 0.5) is 0 Å². The lowest BCUT2D eigenvalue weighted by Crippen LogP contribution is -2.00. The molecule has 1 aliphatic rings. The van der Waals surface area contributed by atoms with Gasteiger partial charge in [-0.15, -0.1) is 0 Å². The lowest BCUT2D eigenvalue weighted by atomic mass is 9.87. The molecule has 3 nitrogen and oxygen atoms in total. The van der Waals surface area contributed by atoms with E-state index in [0.29, 0.717) is 12.2 Å². The van der Waals surface area contributed by atoms with Crippen LogP contribution in [0.3, 0.4) is 0 Å². The molecule has 26 heavy (non-hydrogen) atoms. The van der Waals surface area contributed by atoms with Crippen LogP contribution in [-0.4, -0.2) is 13.1 Å². The zero-order valence-electron chi connectivity index (χ0n) is 14.3. The van der Waals surface area contributed by atoms with E-state index in [9.17, 15) is 4.79 Å². The Morgan fingerprint density at radius 1 is 0.808 bits per heavy atom. The number of rotatable bonds is 2. The minimum Gasteiger partial charge on any atom is -0.496 e. The Morgan fingerprint density at radius 2 is 1.50 bits per heavy atom. The molecule has 126 valence electrons. The Labute approximate surface area is 150 Å². The minimum atomic E-state index is -0.268. The monoisotopic (exact) mass is 340 g/mol. The second kappa shape index (κ2) is 5.60. The van der Waals surface area contributed by atoms with E-state index < -0.39 is 0 Å². The van der Waals surface area contributed by atoms with Crippen LogP contribution in [0.5, 0.6) is 5.75 Å². The minimum absolute atomic E-state index is 0.268. The maximum absolute atomic E-state index is 12.6. The molecule has 0 amide bonds. The molecule has 5 rings (SSSR count). The van der Waals surface area contributed by atoms with Gasteiger partial charge in [-0.3, -0.25) is 0 Å². The number of hydrogen-bond acceptors (Lipinski definition) is 3. The van der Waals surface area contributed by atoms with Gasteiger partial charge in [-0.2, -0.15) is 0 Å². The summed E-state index contributed by atoms with van der Waals surface area (Å²) < 4.78 is 11.1. The first-order valence-electron chi connectivity index (χ1n) is 8.56. The van der Waals surface area contributed by atoms with Gasteiger partial charge in [0.05, 0.1) is 12.7 Å². The molecule has 0 unspecified atom stereocenters. The van der Waals surface area contributed by atoms with Gasteiger partial charge in [0.25, 0.3) is 0 Å². The molecule has 0 fully saturated rings. The van der Waals surface area contributed by atoms with Gasteiger partial charge in [-0.1, -0.05) is 54.6 Å². The van der Waals surface area contributed by atoms with Gasteiger partial charge in [0.1, 0.15) is 12.4 Å². The van der Waals surface area contributed by atoms with Crippen LogP contribution in [-0.2, 0) is 11.3 Å². The van der Waals surface area contributed by atoms with Crippen LogP contribution in [0, 0.1) is 0 Å². The second-order valence-electron chi connectivity index (χ2n) is 6.45. The van der Waals surface area contributed by atoms with Crippen molar-refractivity contribution in [1.29, 1.82) is 0 Å². The summed E-state index contributed by atoms with van der Waals surface area (Å²) in [6, 6.07) is 22.4. The maximum atomic E-state index is 12.6. The molecular formula is C23H16O3.